The van der Waals surface area contributed by atoms with E-state index in [9.17, 15) is 0 Å². The second kappa shape index (κ2) is 7.85. The van der Waals surface area contributed by atoms with Gasteiger partial charge in [-0.15, -0.1) is 0 Å². The molecule has 1 heterocycles. The quantitative estimate of drug-likeness (QED) is 0.689. The molecule has 1 rings (SSSR count). The van der Waals surface area contributed by atoms with Gasteiger partial charge >= 0.3 is 0 Å². The van der Waals surface area contributed by atoms with Crippen LogP contribution in [0.3, 0.4) is 0 Å². The Balaban J connectivity index is 2.23. The molecule has 1 unspecified atom stereocenters. The monoisotopic (exact) mass is 240 g/mol. The average Bonchev–Trinajstić information content (AvgIpc) is 2.30. The first-order valence-electron chi connectivity index (χ1n) is 6.77. The van der Waals surface area contributed by atoms with Gasteiger partial charge in [-0.05, 0) is 31.9 Å². The molecular formula is C14H28N2O. The number of nitrogens with one attached hydrogen (secondary N) is 1. The minimum atomic E-state index is 0.594. The fourth-order valence-electron chi connectivity index (χ4n) is 2.21. The summed E-state index contributed by atoms with van der Waals surface area (Å²) in [6.45, 7) is 10.9. The fraction of sp³-hybridized carbons (Fsp3) is 0.857. The van der Waals surface area contributed by atoms with Crippen LogP contribution in [0.15, 0.2) is 11.6 Å². The summed E-state index contributed by atoms with van der Waals surface area (Å²) in [7, 11) is 1.77. The Labute approximate surface area is 106 Å². The molecule has 0 amide bonds. The zero-order valence-corrected chi connectivity index (χ0v) is 11.8. The first kappa shape index (κ1) is 14.7. The lowest BCUT2D eigenvalue weighted by atomic mass is 10.1. The minimum absolute atomic E-state index is 0.594. The number of ether oxygens (including phenoxy) is 1. The van der Waals surface area contributed by atoms with E-state index in [1.807, 2.05) is 0 Å². The van der Waals surface area contributed by atoms with E-state index < -0.39 is 0 Å². The molecule has 0 aromatic heterocycles. The third kappa shape index (κ3) is 5.66. The summed E-state index contributed by atoms with van der Waals surface area (Å²) in [5.41, 5.74) is 1.45. The van der Waals surface area contributed by atoms with Gasteiger partial charge in [-0.1, -0.05) is 19.9 Å². The van der Waals surface area contributed by atoms with E-state index in [2.05, 4.69) is 37.1 Å². The Kier molecular flexibility index (Phi) is 6.78. The van der Waals surface area contributed by atoms with Gasteiger partial charge in [0.05, 0.1) is 6.61 Å². The Bertz CT molecular complexity index is 238. The van der Waals surface area contributed by atoms with Gasteiger partial charge in [-0.3, -0.25) is 4.90 Å². The second-order valence-electron chi connectivity index (χ2n) is 5.29. The number of hydrogen-bond donors (Lipinski definition) is 1. The molecule has 0 aromatic carbocycles. The first-order valence-corrected chi connectivity index (χ1v) is 6.77. The highest BCUT2D eigenvalue weighted by atomic mass is 16.5. The van der Waals surface area contributed by atoms with Crippen LogP contribution in [0.5, 0.6) is 0 Å². The highest BCUT2D eigenvalue weighted by molar-refractivity contribution is 5.08. The van der Waals surface area contributed by atoms with Crippen molar-refractivity contribution in [1.82, 2.24) is 10.2 Å². The van der Waals surface area contributed by atoms with Crippen molar-refractivity contribution in [3.05, 3.63) is 11.6 Å². The van der Waals surface area contributed by atoms with Crippen molar-refractivity contribution < 1.29 is 4.74 Å². The van der Waals surface area contributed by atoms with Gasteiger partial charge in [0.1, 0.15) is 0 Å². The predicted molar refractivity (Wildman–Crippen MR) is 73.4 cm³/mol. The normalized spacial score (nSPS) is 19.5. The van der Waals surface area contributed by atoms with E-state index >= 15 is 0 Å². The Morgan fingerprint density at radius 3 is 2.71 bits per heavy atom. The molecule has 0 saturated carbocycles. The molecule has 0 fully saturated rings. The molecule has 100 valence electrons. The van der Waals surface area contributed by atoms with E-state index in [0.29, 0.717) is 12.1 Å². The first-order chi connectivity index (χ1) is 8.13. The number of methoxy groups -OCH3 is 1. The molecule has 3 heteroatoms. The molecule has 1 aliphatic rings. The smallest absolute Gasteiger partial charge is 0.0673 e. The molecule has 0 spiro atoms. The molecule has 1 aliphatic heterocycles. The van der Waals surface area contributed by atoms with Gasteiger partial charge in [0.25, 0.3) is 0 Å². The van der Waals surface area contributed by atoms with Crippen molar-refractivity contribution in [2.75, 3.05) is 33.4 Å². The summed E-state index contributed by atoms with van der Waals surface area (Å²) in [5.74, 6) is 0. The summed E-state index contributed by atoms with van der Waals surface area (Å²) < 4.78 is 5.17. The Morgan fingerprint density at radius 1 is 1.41 bits per heavy atom. The van der Waals surface area contributed by atoms with Crippen LogP contribution in [-0.2, 0) is 4.74 Å². The summed E-state index contributed by atoms with van der Waals surface area (Å²) in [5, 5.41) is 3.48. The van der Waals surface area contributed by atoms with Gasteiger partial charge in [0.15, 0.2) is 0 Å². The maximum Gasteiger partial charge on any atom is 0.0673 e. The molecule has 0 bridgehead atoms. The van der Waals surface area contributed by atoms with Crippen LogP contribution < -0.4 is 5.32 Å². The standard InChI is InChI=1S/C14H28N2O/c1-12(2)15-8-5-13(3)16-9-6-14(7-10-16)11-17-4/h6,12-13,15H,5,7-11H2,1-4H3. The molecular weight excluding hydrogens is 212 g/mol. The van der Waals surface area contributed by atoms with Crippen molar-refractivity contribution in [2.24, 2.45) is 0 Å². The molecule has 0 saturated heterocycles. The lowest BCUT2D eigenvalue weighted by molar-refractivity contribution is 0.189. The van der Waals surface area contributed by atoms with Crippen LogP contribution in [0.2, 0.25) is 0 Å². The zero-order valence-electron chi connectivity index (χ0n) is 11.8. The van der Waals surface area contributed by atoms with E-state index in [0.717, 1.165) is 26.1 Å². The van der Waals surface area contributed by atoms with Gasteiger partial charge in [-0.2, -0.15) is 0 Å². The number of nitrogens with zero attached hydrogens (tertiary/aromatic N) is 1. The lowest BCUT2D eigenvalue weighted by Gasteiger charge is -2.32. The third-order valence-corrected chi connectivity index (χ3v) is 3.40. The van der Waals surface area contributed by atoms with E-state index in [1.165, 1.54) is 18.5 Å². The van der Waals surface area contributed by atoms with E-state index in [1.54, 1.807) is 7.11 Å². The Morgan fingerprint density at radius 2 is 2.18 bits per heavy atom. The molecule has 1 atom stereocenters. The average molecular weight is 240 g/mol. The predicted octanol–water partition coefficient (Wildman–Crippen LogP) is 2.04. The van der Waals surface area contributed by atoms with Crippen molar-refractivity contribution in [3.63, 3.8) is 0 Å². The largest absolute Gasteiger partial charge is 0.380 e. The summed E-state index contributed by atoms with van der Waals surface area (Å²) in [6, 6.07) is 1.26. The lowest BCUT2D eigenvalue weighted by Crippen LogP contribution is -2.39. The van der Waals surface area contributed by atoms with E-state index in [4.69, 9.17) is 4.74 Å². The van der Waals surface area contributed by atoms with Crippen LogP contribution >= 0.6 is 0 Å². The van der Waals surface area contributed by atoms with Gasteiger partial charge in [0, 0.05) is 32.3 Å². The number of hydrogen-bond acceptors (Lipinski definition) is 3. The topological polar surface area (TPSA) is 24.5 Å². The van der Waals surface area contributed by atoms with Gasteiger partial charge in [0.2, 0.25) is 0 Å². The van der Waals surface area contributed by atoms with Crippen LogP contribution in [0, 0.1) is 0 Å². The maximum absolute atomic E-state index is 5.17. The summed E-state index contributed by atoms with van der Waals surface area (Å²) in [4.78, 5) is 2.56. The maximum atomic E-state index is 5.17. The van der Waals surface area contributed by atoms with Gasteiger partial charge < -0.3 is 10.1 Å². The van der Waals surface area contributed by atoms with Crippen molar-refractivity contribution >= 4 is 0 Å². The molecule has 3 nitrogen and oxygen atoms in total. The SMILES string of the molecule is COCC1=CCN(C(C)CCNC(C)C)CC1. The van der Waals surface area contributed by atoms with Crippen molar-refractivity contribution in [2.45, 2.75) is 45.7 Å². The molecule has 0 radical (unpaired) electrons. The second-order valence-corrected chi connectivity index (χ2v) is 5.29. The molecule has 17 heavy (non-hydrogen) atoms. The van der Waals surface area contributed by atoms with E-state index in [-0.39, 0.29) is 0 Å². The third-order valence-electron chi connectivity index (χ3n) is 3.40. The molecule has 0 aromatic rings. The van der Waals surface area contributed by atoms with Gasteiger partial charge in [-0.25, -0.2) is 0 Å². The van der Waals surface area contributed by atoms with Crippen LogP contribution in [0.4, 0.5) is 0 Å². The summed E-state index contributed by atoms with van der Waals surface area (Å²) >= 11 is 0. The summed E-state index contributed by atoms with van der Waals surface area (Å²) in [6.07, 6.45) is 4.72. The highest BCUT2D eigenvalue weighted by Gasteiger charge is 2.16. The van der Waals surface area contributed by atoms with Crippen molar-refractivity contribution in [3.8, 4) is 0 Å². The number of rotatable bonds is 7. The highest BCUT2D eigenvalue weighted by Crippen LogP contribution is 2.14. The van der Waals surface area contributed by atoms with Crippen LogP contribution in [-0.4, -0.2) is 50.3 Å². The van der Waals surface area contributed by atoms with Crippen molar-refractivity contribution in [1.29, 1.82) is 0 Å². The fourth-order valence-corrected chi connectivity index (χ4v) is 2.21. The minimum Gasteiger partial charge on any atom is -0.380 e. The van der Waals surface area contributed by atoms with Crippen LogP contribution in [0.1, 0.15) is 33.6 Å². The van der Waals surface area contributed by atoms with Crippen LogP contribution in [0.25, 0.3) is 0 Å². The zero-order chi connectivity index (χ0) is 12.7. The molecule has 1 N–H and O–H groups in total. The Hall–Kier alpha value is -0.380. The molecule has 0 aliphatic carbocycles.